The molecule has 3 heterocycles. The van der Waals surface area contributed by atoms with Crippen molar-refractivity contribution in [1.82, 2.24) is 14.9 Å². The fourth-order valence-electron chi connectivity index (χ4n) is 6.17. The van der Waals surface area contributed by atoms with Gasteiger partial charge in [-0.2, -0.15) is 0 Å². The van der Waals surface area contributed by atoms with Gasteiger partial charge in [0.15, 0.2) is 0 Å². The van der Waals surface area contributed by atoms with Gasteiger partial charge in [-0.3, -0.25) is 4.79 Å². The molecule has 1 atom stereocenters. The minimum absolute atomic E-state index is 0.122. The molecule has 1 unspecified atom stereocenters. The summed E-state index contributed by atoms with van der Waals surface area (Å²) in [6, 6.07) is 0. The van der Waals surface area contributed by atoms with Crippen molar-refractivity contribution >= 4 is 11.9 Å². The highest BCUT2D eigenvalue weighted by atomic mass is 16.5. The summed E-state index contributed by atoms with van der Waals surface area (Å²) in [5.74, 6) is 3.34. The van der Waals surface area contributed by atoms with Gasteiger partial charge in [-0.05, 0) is 92.4 Å². The van der Waals surface area contributed by atoms with Gasteiger partial charge in [-0.1, -0.05) is 19.1 Å². The molecular weight excluding hydrogens is 476 g/mol. The Morgan fingerprint density at radius 2 is 1.68 bits per heavy atom. The topological polar surface area (TPSA) is 78.8 Å². The number of carbonyl (C=O) groups is 1. The Kier molecular flexibility index (Phi) is 9.15. The molecule has 1 N–H and O–H groups in total. The molecule has 1 aromatic rings. The molecule has 1 amide bonds. The molecule has 7 nitrogen and oxygen atoms in total. The first kappa shape index (κ1) is 26.9. The third kappa shape index (κ3) is 6.66. The summed E-state index contributed by atoms with van der Waals surface area (Å²) in [5, 5.41) is 9.35. The lowest BCUT2D eigenvalue weighted by Crippen LogP contribution is -2.42. The summed E-state index contributed by atoms with van der Waals surface area (Å²) < 4.78 is 6.24. The second-order valence-corrected chi connectivity index (χ2v) is 11.5. The summed E-state index contributed by atoms with van der Waals surface area (Å²) >= 11 is 0. The molecule has 206 valence electrons. The van der Waals surface area contributed by atoms with E-state index < -0.39 is 0 Å². The van der Waals surface area contributed by atoms with Crippen LogP contribution in [0.5, 0.6) is 0 Å². The summed E-state index contributed by atoms with van der Waals surface area (Å²) in [7, 11) is 0. The van der Waals surface area contributed by atoms with Gasteiger partial charge in [0.1, 0.15) is 0 Å². The molecule has 2 aliphatic carbocycles. The quantitative estimate of drug-likeness (QED) is 0.529. The number of likely N-dealkylation sites (tertiary alicyclic amines) is 1. The second kappa shape index (κ2) is 12.9. The van der Waals surface area contributed by atoms with Crippen molar-refractivity contribution in [1.29, 1.82) is 0 Å². The third-order valence-electron chi connectivity index (χ3n) is 8.97. The van der Waals surface area contributed by atoms with E-state index in [1.807, 2.05) is 17.3 Å². The van der Waals surface area contributed by atoms with Crippen LogP contribution in [0, 0.1) is 17.8 Å². The second-order valence-electron chi connectivity index (χ2n) is 11.5. The van der Waals surface area contributed by atoms with Crippen LogP contribution in [0.2, 0.25) is 0 Å². The van der Waals surface area contributed by atoms with E-state index in [-0.39, 0.29) is 12.5 Å². The van der Waals surface area contributed by atoms with E-state index in [4.69, 9.17) is 4.74 Å². The first-order chi connectivity index (χ1) is 18.6. The van der Waals surface area contributed by atoms with Gasteiger partial charge in [0.05, 0.1) is 12.4 Å². The predicted molar refractivity (Wildman–Crippen MR) is 150 cm³/mol. The van der Waals surface area contributed by atoms with Gasteiger partial charge >= 0.3 is 0 Å². The highest BCUT2D eigenvalue weighted by Gasteiger charge is 2.30. The van der Waals surface area contributed by atoms with E-state index in [9.17, 15) is 9.90 Å². The van der Waals surface area contributed by atoms with Crippen LogP contribution in [0.4, 0.5) is 5.95 Å². The van der Waals surface area contributed by atoms with Crippen molar-refractivity contribution in [3.8, 4) is 0 Å². The monoisotopic (exact) mass is 520 g/mol. The summed E-state index contributed by atoms with van der Waals surface area (Å²) in [6.07, 6.45) is 20.4. The molecule has 2 fully saturated rings. The Labute approximate surface area is 227 Å². The number of anilines is 1. The number of carbonyl (C=O) groups excluding carboxylic acids is 1. The molecular formula is C31H44N4O3. The van der Waals surface area contributed by atoms with Crippen molar-refractivity contribution in [2.75, 3.05) is 44.3 Å². The number of aromatic nitrogens is 2. The highest BCUT2D eigenvalue weighted by molar-refractivity contribution is 5.79. The van der Waals surface area contributed by atoms with Gasteiger partial charge in [0, 0.05) is 57.5 Å². The van der Waals surface area contributed by atoms with Crippen LogP contribution in [0.3, 0.4) is 0 Å². The molecule has 38 heavy (non-hydrogen) atoms. The van der Waals surface area contributed by atoms with E-state index in [1.54, 1.807) is 0 Å². The molecule has 2 aliphatic heterocycles. The number of hydrogen-bond acceptors (Lipinski definition) is 6. The lowest BCUT2D eigenvalue weighted by atomic mass is 9.83. The summed E-state index contributed by atoms with van der Waals surface area (Å²) in [5.41, 5.74) is 4.01. The normalized spacial score (nSPS) is 23.5. The molecule has 0 bridgehead atoms. The van der Waals surface area contributed by atoms with E-state index in [0.29, 0.717) is 17.7 Å². The Hall–Kier alpha value is -2.67. The van der Waals surface area contributed by atoms with E-state index in [2.05, 4.69) is 40.0 Å². The zero-order chi connectivity index (χ0) is 26.3. The van der Waals surface area contributed by atoms with Crippen molar-refractivity contribution in [2.24, 2.45) is 17.8 Å². The average Bonchev–Trinajstić information content (AvgIpc) is 3.00. The van der Waals surface area contributed by atoms with Crippen molar-refractivity contribution in [2.45, 2.75) is 71.1 Å². The first-order valence-corrected chi connectivity index (χ1v) is 14.8. The molecule has 0 aromatic carbocycles. The predicted octanol–water partition coefficient (Wildman–Crippen LogP) is 4.83. The van der Waals surface area contributed by atoms with Gasteiger partial charge in [0.2, 0.25) is 11.9 Å². The molecule has 0 saturated carbocycles. The number of rotatable bonds is 8. The molecule has 5 rings (SSSR count). The minimum Gasteiger partial charge on any atom is -0.498 e. The van der Waals surface area contributed by atoms with Crippen LogP contribution in [-0.4, -0.2) is 65.3 Å². The fourth-order valence-corrected chi connectivity index (χ4v) is 6.17. The number of allylic oxidation sites excluding steroid dienone is 6. The zero-order valence-corrected chi connectivity index (χ0v) is 23.0. The van der Waals surface area contributed by atoms with Crippen molar-refractivity contribution in [3.63, 3.8) is 0 Å². The van der Waals surface area contributed by atoms with Gasteiger partial charge in [-0.25, -0.2) is 9.97 Å². The smallest absolute Gasteiger partial charge is 0.226 e. The number of nitrogens with zero attached hydrogens (tertiary/aromatic N) is 4. The first-order valence-electron chi connectivity index (χ1n) is 14.8. The number of amides is 1. The maximum atomic E-state index is 13.0. The summed E-state index contributed by atoms with van der Waals surface area (Å²) in [4.78, 5) is 26.4. The van der Waals surface area contributed by atoms with E-state index in [1.165, 1.54) is 16.7 Å². The van der Waals surface area contributed by atoms with Crippen LogP contribution < -0.4 is 4.90 Å². The Morgan fingerprint density at radius 1 is 0.947 bits per heavy atom. The molecule has 1 aromatic heterocycles. The number of piperidine rings is 2. The third-order valence-corrected chi connectivity index (χ3v) is 8.97. The number of hydrogen-bond donors (Lipinski definition) is 1. The maximum absolute atomic E-state index is 13.0. The fraction of sp³-hybridized carbons (Fsp3) is 0.645. The molecule has 2 saturated heterocycles. The molecule has 0 radical (unpaired) electrons. The Balaban J connectivity index is 1.04. The van der Waals surface area contributed by atoms with Gasteiger partial charge in [-0.15, -0.1) is 0 Å². The van der Waals surface area contributed by atoms with Gasteiger partial charge in [0.25, 0.3) is 0 Å². The number of aryl methyl sites for hydroxylation is 1. The van der Waals surface area contributed by atoms with Crippen molar-refractivity contribution < 1.29 is 14.6 Å². The van der Waals surface area contributed by atoms with Gasteiger partial charge < -0.3 is 19.6 Å². The zero-order valence-electron chi connectivity index (χ0n) is 23.0. The minimum atomic E-state index is 0.122. The molecule has 4 aliphatic rings. The number of aliphatic hydroxyl groups is 1. The van der Waals surface area contributed by atoms with Crippen LogP contribution in [0.15, 0.2) is 47.5 Å². The average molecular weight is 521 g/mol. The Morgan fingerprint density at radius 3 is 2.29 bits per heavy atom. The van der Waals surface area contributed by atoms with Crippen molar-refractivity contribution in [3.05, 3.63) is 53.1 Å². The van der Waals surface area contributed by atoms with Crippen LogP contribution in [0.1, 0.15) is 70.3 Å². The Bertz CT molecular complexity index is 1030. The maximum Gasteiger partial charge on any atom is 0.226 e. The van der Waals surface area contributed by atoms with Crippen LogP contribution in [-0.2, 0) is 16.0 Å². The lowest BCUT2D eigenvalue weighted by molar-refractivity contribution is -0.137. The van der Waals surface area contributed by atoms with E-state index in [0.717, 1.165) is 109 Å². The SMILES string of the molecule is CCc1cnc(N2CCC(COC3=CC=C(C4=CCC(C(=O)N5CCC(CO)CC5)CC4)CC3)CC2)nc1. The van der Waals surface area contributed by atoms with Crippen LogP contribution >= 0.6 is 0 Å². The highest BCUT2D eigenvalue weighted by Crippen LogP contribution is 2.34. The lowest BCUT2D eigenvalue weighted by Gasteiger charge is -2.34. The standard InChI is InChI=1S/C31H44N4O3/c1-2-23-19-32-31(33-20-23)35-17-13-25(14-18-35)22-38-29-9-7-27(8-10-29)26-3-5-28(6-4-26)30(37)34-15-11-24(21-36)12-16-34/h3,7,9,19-20,24-25,28,36H,2,4-6,8,10-18,21-22H2,1H3. The molecule has 7 heteroatoms. The summed E-state index contributed by atoms with van der Waals surface area (Å²) in [6.45, 7) is 6.74. The number of aliphatic hydroxyl groups excluding tert-OH is 1. The van der Waals surface area contributed by atoms with E-state index >= 15 is 0 Å². The van der Waals surface area contributed by atoms with Crippen LogP contribution in [0.25, 0.3) is 0 Å². The molecule has 0 spiro atoms. The largest absolute Gasteiger partial charge is 0.498 e. The number of ether oxygens (including phenoxy) is 1.